The summed E-state index contributed by atoms with van der Waals surface area (Å²) in [5.41, 5.74) is 6.09. The summed E-state index contributed by atoms with van der Waals surface area (Å²) >= 11 is 2.04. The number of thioether (sulfide) groups is 1. The zero-order valence-electron chi connectivity index (χ0n) is 11.5. The lowest BCUT2D eigenvalue weighted by Gasteiger charge is -2.23. The van der Waals surface area contributed by atoms with Crippen LogP contribution >= 0.6 is 11.8 Å². The minimum Gasteiger partial charge on any atom is -0.339 e. The molecule has 18 heavy (non-hydrogen) atoms. The summed E-state index contributed by atoms with van der Waals surface area (Å²) in [5, 5.41) is 4.03. The minimum atomic E-state index is -0.170. The van der Waals surface area contributed by atoms with E-state index in [2.05, 4.69) is 30.9 Å². The van der Waals surface area contributed by atoms with E-state index in [1.54, 1.807) is 0 Å². The van der Waals surface area contributed by atoms with E-state index in [0.717, 1.165) is 12.3 Å². The van der Waals surface area contributed by atoms with Crippen molar-refractivity contribution in [3.05, 3.63) is 11.7 Å². The van der Waals surface area contributed by atoms with Gasteiger partial charge in [0, 0.05) is 6.42 Å². The molecule has 0 aliphatic carbocycles. The summed E-state index contributed by atoms with van der Waals surface area (Å²) < 4.78 is 5.34. The van der Waals surface area contributed by atoms with Gasteiger partial charge in [0.25, 0.3) is 0 Å². The molecular weight excluding hydrogens is 246 g/mol. The molecule has 4 nitrogen and oxygen atoms in total. The van der Waals surface area contributed by atoms with Gasteiger partial charge in [0.05, 0.1) is 6.04 Å². The maximum Gasteiger partial charge on any atom is 0.226 e. The first-order valence-electron chi connectivity index (χ1n) is 6.62. The van der Waals surface area contributed by atoms with E-state index in [1.807, 2.05) is 11.8 Å². The molecule has 0 bridgehead atoms. The third kappa shape index (κ3) is 3.48. The Bertz CT molecular complexity index is 380. The van der Waals surface area contributed by atoms with Crippen LogP contribution in [0.5, 0.6) is 0 Å². The molecule has 1 aliphatic heterocycles. The van der Waals surface area contributed by atoms with Crippen molar-refractivity contribution >= 4 is 11.8 Å². The predicted molar refractivity (Wildman–Crippen MR) is 74.4 cm³/mol. The summed E-state index contributed by atoms with van der Waals surface area (Å²) in [6.45, 7) is 6.27. The van der Waals surface area contributed by atoms with Crippen LogP contribution in [0.1, 0.15) is 51.4 Å². The van der Waals surface area contributed by atoms with Crippen LogP contribution in [-0.2, 0) is 6.42 Å². The summed E-state index contributed by atoms with van der Waals surface area (Å²) in [6, 6.07) is -0.170. The predicted octanol–water partition coefficient (Wildman–Crippen LogP) is 2.80. The van der Waals surface area contributed by atoms with Crippen LogP contribution in [0, 0.1) is 11.3 Å². The molecule has 1 aliphatic rings. The average molecular weight is 269 g/mol. The molecule has 102 valence electrons. The maximum absolute atomic E-state index is 6.13. The van der Waals surface area contributed by atoms with Crippen LogP contribution in [0.25, 0.3) is 0 Å². The van der Waals surface area contributed by atoms with Crippen molar-refractivity contribution in [2.75, 3.05) is 11.5 Å². The van der Waals surface area contributed by atoms with Crippen LogP contribution in [-0.4, -0.2) is 21.6 Å². The minimum absolute atomic E-state index is 0.0391. The second kappa shape index (κ2) is 5.61. The quantitative estimate of drug-likeness (QED) is 0.914. The SMILES string of the molecule is CC(C)(C)C(N)c1noc(CC2CCSCC2)n1. The Balaban J connectivity index is 1.97. The molecule has 2 rings (SSSR count). The second-order valence-corrected chi connectivity index (χ2v) is 7.37. The molecule has 1 saturated heterocycles. The molecule has 2 heterocycles. The first-order chi connectivity index (χ1) is 8.47. The van der Waals surface area contributed by atoms with Crippen LogP contribution < -0.4 is 5.73 Å². The molecule has 0 aromatic carbocycles. The molecule has 1 fully saturated rings. The highest BCUT2D eigenvalue weighted by Gasteiger charge is 2.27. The maximum atomic E-state index is 6.13. The normalized spacial score (nSPS) is 20.0. The fraction of sp³-hybridized carbons (Fsp3) is 0.846. The van der Waals surface area contributed by atoms with Crippen molar-refractivity contribution < 1.29 is 4.52 Å². The average Bonchev–Trinajstić information content (AvgIpc) is 2.76. The van der Waals surface area contributed by atoms with Crippen LogP contribution in [0.3, 0.4) is 0 Å². The molecule has 1 unspecified atom stereocenters. The summed E-state index contributed by atoms with van der Waals surface area (Å²) in [6.07, 6.45) is 3.42. The molecule has 1 aromatic rings. The van der Waals surface area contributed by atoms with Gasteiger partial charge in [0.2, 0.25) is 5.89 Å². The smallest absolute Gasteiger partial charge is 0.226 e. The fourth-order valence-electron chi connectivity index (χ4n) is 2.06. The van der Waals surface area contributed by atoms with E-state index in [4.69, 9.17) is 10.3 Å². The lowest BCUT2D eigenvalue weighted by molar-refractivity contribution is 0.297. The van der Waals surface area contributed by atoms with Gasteiger partial charge in [0.1, 0.15) is 0 Å². The standard InChI is InChI=1S/C13H23N3OS/c1-13(2,3)11(14)12-15-10(17-16-12)8-9-4-6-18-7-5-9/h9,11H,4-8,14H2,1-3H3. The van der Waals surface area contributed by atoms with Crippen molar-refractivity contribution in [2.45, 2.75) is 46.1 Å². The number of hydrogen-bond donors (Lipinski definition) is 1. The van der Waals surface area contributed by atoms with E-state index in [9.17, 15) is 0 Å². The van der Waals surface area contributed by atoms with Crippen molar-refractivity contribution in [1.82, 2.24) is 10.1 Å². The molecule has 1 aromatic heterocycles. The molecule has 0 radical (unpaired) electrons. The largest absolute Gasteiger partial charge is 0.339 e. The van der Waals surface area contributed by atoms with Crippen molar-refractivity contribution in [1.29, 1.82) is 0 Å². The second-order valence-electron chi connectivity index (χ2n) is 6.15. The molecule has 0 amide bonds. The van der Waals surface area contributed by atoms with E-state index in [-0.39, 0.29) is 11.5 Å². The van der Waals surface area contributed by atoms with Gasteiger partial charge in [-0.15, -0.1) is 0 Å². The Morgan fingerprint density at radius 2 is 2.06 bits per heavy atom. The van der Waals surface area contributed by atoms with Crippen molar-refractivity contribution in [3.63, 3.8) is 0 Å². The van der Waals surface area contributed by atoms with Crippen LogP contribution in [0.2, 0.25) is 0 Å². The third-order valence-corrected chi connectivity index (χ3v) is 4.55. The Hall–Kier alpha value is -0.550. The van der Waals surface area contributed by atoms with Crippen LogP contribution in [0.4, 0.5) is 0 Å². The molecule has 0 saturated carbocycles. The third-order valence-electron chi connectivity index (χ3n) is 3.50. The van der Waals surface area contributed by atoms with Crippen molar-refractivity contribution in [2.24, 2.45) is 17.1 Å². The highest BCUT2D eigenvalue weighted by molar-refractivity contribution is 7.99. The zero-order valence-corrected chi connectivity index (χ0v) is 12.3. The number of hydrogen-bond acceptors (Lipinski definition) is 5. The van der Waals surface area contributed by atoms with Gasteiger partial charge in [-0.25, -0.2) is 0 Å². The zero-order chi connectivity index (χ0) is 13.2. The Kier molecular flexibility index (Phi) is 4.33. The molecule has 0 spiro atoms. The highest BCUT2D eigenvalue weighted by atomic mass is 32.2. The van der Waals surface area contributed by atoms with Gasteiger partial charge in [-0.3, -0.25) is 0 Å². The lowest BCUT2D eigenvalue weighted by atomic mass is 9.87. The van der Waals surface area contributed by atoms with E-state index < -0.39 is 0 Å². The number of nitrogens with two attached hydrogens (primary N) is 1. The van der Waals surface area contributed by atoms with Gasteiger partial charge in [-0.2, -0.15) is 16.7 Å². The Morgan fingerprint density at radius 3 is 2.67 bits per heavy atom. The highest BCUT2D eigenvalue weighted by Crippen LogP contribution is 2.29. The van der Waals surface area contributed by atoms with Gasteiger partial charge >= 0.3 is 0 Å². The van der Waals surface area contributed by atoms with Gasteiger partial charge in [-0.05, 0) is 35.7 Å². The molecule has 2 N–H and O–H groups in total. The Morgan fingerprint density at radius 1 is 1.39 bits per heavy atom. The molecule has 5 heteroatoms. The van der Waals surface area contributed by atoms with E-state index in [0.29, 0.717) is 11.7 Å². The Labute approximate surface area is 113 Å². The number of rotatable bonds is 3. The fourth-order valence-corrected chi connectivity index (χ4v) is 3.27. The summed E-state index contributed by atoms with van der Waals surface area (Å²) in [5.74, 6) is 4.61. The number of aromatic nitrogens is 2. The first-order valence-corrected chi connectivity index (χ1v) is 7.78. The van der Waals surface area contributed by atoms with Crippen LogP contribution in [0.15, 0.2) is 4.52 Å². The van der Waals surface area contributed by atoms with E-state index >= 15 is 0 Å². The van der Waals surface area contributed by atoms with E-state index in [1.165, 1.54) is 24.3 Å². The summed E-state index contributed by atoms with van der Waals surface area (Å²) in [7, 11) is 0. The lowest BCUT2D eigenvalue weighted by Crippen LogP contribution is -2.27. The topological polar surface area (TPSA) is 64.9 Å². The summed E-state index contributed by atoms with van der Waals surface area (Å²) in [4.78, 5) is 4.46. The van der Waals surface area contributed by atoms with Crippen molar-refractivity contribution in [3.8, 4) is 0 Å². The van der Waals surface area contributed by atoms with Gasteiger partial charge in [-0.1, -0.05) is 25.9 Å². The number of nitrogens with zero attached hydrogens (tertiary/aromatic N) is 2. The molecule has 1 atom stereocenters. The van der Waals surface area contributed by atoms with Gasteiger partial charge in [0.15, 0.2) is 5.82 Å². The van der Waals surface area contributed by atoms with Gasteiger partial charge < -0.3 is 10.3 Å². The monoisotopic (exact) mass is 269 g/mol. The first kappa shape index (κ1) is 13.9. The molecular formula is C13H23N3OS.